The van der Waals surface area contributed by atoms with Crippen molar-refractivity contribution in [3.05, 3.63) is 34.1 Å². The Hall–Kier alpha value is -2.96. The van der Waals surface area contributed by atoms with Crippen molar-refractivity contribution in [1.82, 2.24) is 25.2 Å². The highest BCUT2D eigenvalue weighted by atomic mass is 35.5. The number of aromatic nitrogens is 3. The molecule has 0 amide bonds. The molecule has 3 fully saturated rings. The van der Waals surface area contributed by atoms with Crippen molar-refractivity contribution in [2.45, 2.75) is 50.5 Å². The van der Waals surface area contributed by atoms with E-state index in [1.165, 1.54) is 13.0 Å². The molecule has 3 aromatic rings. The van der Waals surface area contributed by atoms with Gasteiger partial charge in [0.05, 0.1) is 21.8 Å². The smallest absolute Gasteiger partial charge is 0.418 e. The third-order valence-electron chi connectivity index (χ3n) is 8.00. The van der Waals surface area contributed by atoms with Crippen molar-refractivity contribution in [2.24, 2.45) is 0 Å². The van der Waals surface area contributed by atoms with E-state index in [4.69, 9.17) is 22.1 Å². The van der Waals surface area contributed by atoms with Gasteiger partial charge in [-0.3, -0.25) is 0 Å². The Labute approximate surface area is 227 Å². The molecule has 3 unspecified atom stereocenters. The van der Waals surface area contributed by atoms with Gasteiger partial charge in [-0.1, -0.05) is 11.6 Å². The average Bonchev–Trinajstić information content (AvgIpc) is 3.59. The lowest BCUT2D eigenvalue weighted by atomic mass is 9.99. The molecule has 208 valence electrons. The Bertz CT molecular complexity index is 1450. The maximum absolute atomic E-state index is 16.4. The van der Waals surface area contributed by atoms with E-state index in [-0.39, 0.29) is 46.1 Å². The lowest BCUT2D eigenvalue weighted by molar-refractivity contribution is -0.137. The van der Waals surface area contributed by atoms with E-state index >= 15 is 4.39 Å². The molecule has 6 rings (SSSR count). The van der Waals surface area contributed by atoms with Crippen molar-refractivity contribution in [1.29, 1.82) is 0 Å². The maximum Gasteiger partial charge on any atom is 0.418 e. The van der Waals surface area contributed by atoms with Crippen molar-refractivity contribution in [2.75, 3.05) is 43.9 Å². The van der Waals surface area contributed by atoms with Gasteiger partial charge in [-0.2, -0.15) is 23.1 Å². The number of likely N-dealkylation sites (N-methyl/N-ethyl adjacent to an activating group) is 1. The molecule has 0 spiro atoms. The van der Waals surface area contributed by atoms with Crippen molar-refractivity contribution in [3.63, 3.8) is 0 Å². The lowest BCUT2D eigenvalue weighted by Gasteiger charge is -2.30. The van der Waals surface area contributed by atoms with Crippen LogP contribution in [0, 0.1) is 12.7 Å². The van der Waals surface area contributed by atoms with Gasteiger partial charge in [0, 0.05) is 36.6 Å². The van der Waals surface area contributed by atoms with Crippen LogP contribution in [0.1, 0.15) is 30.4 Å². The molecule has 1 aromatic carbocycles. The zero-order valence-corrected chi connectivity index (χ0v) is 22.2. The average molecular weight is 566 g/mol. The van der Waals surface area contributed by atoms with Gasteiger partial charge in [-0.15, -0.1) is 0 Å². The van der Waals surface area contributed by atoms with Gasteiger partial charge < -0.3 is 25.6 Å². The Morgan fingerprint density at radius 2 is 2.03 bits per heavy atom. The number of aryl methyl sites for hydroxylation is 1. The molecule has 0 radical (unpaired) electrons. The van der Waals surface area contributed by atoms with Crippen LogP contribution in [-0.4, -0.2) is 71.3 Å². The summed E-state index contributed by atoms with van der Waals surface area (Å²) in [5.74, 6) is -0.766. The second-order valence-electron chi connectivity index (χ2n) is 10.6. The van der Waals surface area contributed by atoms with Gasteiger partial charge in [-0.05, 0) is 57.5 Å². The minimum absolute atomic E-state index is 0.0338. The van der Waals surface area contributed by atoms with Crippen LogP contribution in [0.5, 0.6) is 6.01 Å². The van der Waals surface area contributed by atoms with Gasteiger partial charge in [0.25, 0.3) is 0 Å². The number of nitrogens with zero attached hydrogens (tertiary/aromatic N) is 5. The predicted octanol–water partition coefficient (Wildman–Crippen LogP) is 4.42. The predicted molar refractivity (Wildman–Crippen MR) is 141 cm³/mol. The lowest BCUT2D eigenvalue weighted by Crippen LogP contribution is -2.44. The molecule has 8 nitrogen and oxygen atoms in total. The van der Waals surface area contributed by atoms with E-state index in [2.05, 4.69) is 30.1 Å². The first-order valence-electron chi connectivity index (χ1n) is 12.9. The number of likely N-dealkylation sites (tertiary alicyclic amines) is 1. The van der Waals surface area contributed by atoms with E-state index in [1.807, 2.05) is 7.05 Å². The van der Waals surface area contributed by atoms with E-state index in [9.17, 15) is 13.2 Å². The second-order valence-corrected chi connectivity index (χ2v) is 11.0. The molecule has 3 saturated heterocycles. The summed E-state index contributed by atoms with van der Waals surface area (Å²) >= 11 is 6.52. The van der Waals surface area contributed by atoms with Crippen molar-refractivity contribution in [3.8, 4) is 17.3 Å². The first-order valence-corrected chi connectivity index (χ1v) is 13.3. The summed E-state index contributed by atoms with van der Waals surface area (Å²) in [6.45, 7) is 3.91. The number of hydrogen-bond acceptors (Lipinski definition) is 8. The third-order valence-corrected chi connectivity index (χ3v) is 8.30. The number of benzene rings is 1. The molecule has 3 aliphatic heterocycles. The van der Waals surface area contributed by atoms with Gasteiger partial charge in [0.15, 0.2) is 5.82 Å². The number of halogens is 5. The van der Waals surface area contributed by atoms with Crippen LogP contribution in [0.3, 0.4) is 0 Å². The molecule has 3 N–H and O–H groups in total. The number of nitrogen functional groups attached to an aromatic ring is 1. The normalized spacial score (nSPS) is 23.4. The Morgan fingerprint density at radius 1 is 1.23 bits per heavy atom. The number of fused-ring (bicyclic) bond motifs is 3. The summed E-state index contributed by atoms with van der Waals surface area (Å²) < 4.78 is 64.6. The highest BCUT2D eigenvalue weighted by Crippen LogP contribution is 2.45. The number of piperazine rings is 1. The zero-order valence-electron chi connectivity index (χ0n) is 21.4. The minimum atomic E-state index is -4.81. The Kier molecular flexibility index (Phi) is 6.47. The number of nitrogens with two attached hydrogens (primary N) is 1. The molecule has 0 aliphatic carbocycles. The number of ether oxygens (including phenoxy) is 1. The quantitative estimate of drug-likeness (QED) is 0.439. The minimum Gasteiger partial charge on any atom is -0.462 e. The molecule has 3 atom stereocenters. The SMILES string of the molecule is Cc1cc(N)nc(-c2c(Cl)cc3c(N4CC5CC4CN5)nc(OCC4CCCN4C)nc3c2F)c1C(F)(F)F. The fourth-order valence-electron chi connectivity index (χ4n) is 6.08. The molecule has 3 aliphatic rings. The number of pyridine rings is 1. The first kappa shape index (κ1) is 26.3. The fraction of sp³-hybridized carbons (Fsp3) is 0.500. The number of alkyl halides is 3. The van der Waals surface area contributed by atoms with Crippen LogP contribution < -0.4 is 20.7 Å². The topological polar surface area (TPSA) is 92.4 Å². The summed E-state index contributed by atoms with van der Waals surface area (Å²) in [6.07, 6.45) is -1.91. The largest absolute Gasteiger partial charge is 0.462 e. The number of rotatable bonds is 5. The van der Waals surface area contributed by atoms with Crippen molar-refractivity contribution >= 4 is 34.1 Å². The van der Waals surface area contributed by atoms with E-state index in [1.54, 1.807) is 0 Å². The fourth-order valence-corrected chi connectivity index (χ4v) is 6.36. The van der Waals surface area contributed by atoms with Crippen LogP contribution in [-0.2, 0) is 6.18 Å². The highest BCUT2D eigenvalue weighted by molar-refractivity contribution is 6.34. The van der Waals surface area contributed by atoms with Crippen molar-refractivity contribution < 1.29 is 22.3 Å². The molecular formula is C26H28ClF4N7O. The molecule has 2 bridgehead atoms. The summed E-state index contributed by atoms with van der Waals surface area (Å²) in [5, 5.41) is 3.48. The molecule has 2 aromatic heterocycles. The molecule has 0 saturated carbocycles. The van der Waals surface area contributed by atoms with E-state index in [0.29, 0.717) is 24.4 Å². The monoisotopic (exact) mass is 565 g/mol. The summed E-state index contributed by atoms with van der Waals surface area (Å²) in [6, 6.07) is 3.05. The standard InChI is InChI=1S/C26H28ClF4N7O/c1-12-6-18(32)34-23(20(12)26(29,30)31)19-17(27)8-16-22(21(19)28)35-25(39-11-14-4-3-5-37(14)2)36-24(16)38-10-13-7-15(38)9-33-13/h6,8,13-15,33H,3-5,7,9-11H2,1-2H3,(H2,32,34). The van der Waals surface area contributed by atoms with E-state index < -0.39 is 28.8 Å². The van der Waals surface area contributed by atoms with Crippen LogP contribution in [0.25, 0.3) is 22.2 Å². The highest BCUT2D eigenvalue weighted by Gasteiger charge is 2.41. The molecule has 13 heteroatoms. The van der Waals surface area contributed by atoms with Gasteiger partial charge in [0.1, 0.15) is 23.8 Å². The van der Waals surface area contributed by atoms with Gasteiger partial charge >= 0.3 is 12.2 Å². The number of nitrogens with one attached hydrogen (secondary N) is 1. The Balaban J connectivity index is 1.53. The van der Waals surface area contributed by atoms with Crippen LogP contribution in [0.2, 0.25) is 5.02 Å². The molecule has 5 heterocycles. The maximum atomic E-state index is 16.4. The Morgan fingerprint density at radius 3 is 2.67 bits per heavy atom. The summed E-state index contributed by atoms with van der Waals surface area (Å²) in [7, 11) is 2.01. The zero-order chi connectivity index (χ0) is 27.6. The molecule has 39 heavy (non-hydrogen) atoms. The van der Waals surface area contributed by atoms with Crippen LogP contribution >= 0.6 is 11.6 Å². The third kappa shape index (κ3) is 4.62. The molecular weight excluding hydrogens is 538 g/mol. The van der Waals surface area contributed by atoms with Crippen LogP contribution in [0.15, 0.2) is 12.1 Å². The second kappa shape index (κ2) is 9.60. The first-order chi connectivity index (χ1) is 18.5. The van der Waals surface area contributed by atoms with Crippen LogP contribution in [0.4, 0.5) is 29.2 Å². The summed E-state index contributed by atoms with van der Waals surface area (Å²) in [4.78, 5) is 17.1. The van der Waals surface area contributed by atoms with Gasteiger partial charge in [0.2, 0.25) is 0 Å². The van der Waals surface area contributed by atoms with Gasteiger partial charge in [-0.25, -0.2) is 9.37 Å². The summed E-state index contributed by atoms with van der Waals surface area (Å²) in [5.41, 5.74) is 3.13. The van der Waals surface area contributed by atoms with E-state index in [0.717, 1.165) is 38.4 Å². The number of anilines is 2. The number of hydrogen-bond donors (Lipinski definition) is 2.